The van der Waals surface area contributed by atoms with Crippen LogP contribution in [0.5, 0.6) is 0 Å². The third-order valence-electron chi connectivity index (χ3n) is 12.7. The molecule has 4 unspecified atom stereocenters. The Balaban J connectivity index is 0.000000248. The summed E-state index contributed by atoms with van der Waals surface area (Å²) in [4.78, 5) is 73.8. The van der Waals surface area contributed by atoms with Crippen molar-refractivity contribution >= 4 is 37.0 Å². The summed E-state index contributed by atoms with van der Waals surface area (Å²) in [7, 11) is 3.64. The molecule has 14 heteroatoms. The molecule has 0 spiro atoms. The maximum absolute atomic E-state index is 13.2. The second kappa shape index (κ2) is 29.0. The minimum absolute atomic E-state index is 0.000228. The van der Waals surface area contributed by atoms with E-state index in [4.69, 9.17) is 0 Å². The van der Waals surface area contributed by atoms with Crippen LogP contribution in [0.1, 0.15) is 130 Å². The van der Waals surface area contributed by atoms with Gasteiger partial charge in [0, 0.05) is 26.2 Å². The molecule has 3 aromatic rings. The van der Waals surface area contributed by atoms with Crippen molar-refractivity contribution in [3.05, 3.63) is 106 Å². The van der Waals surface area contributed by atoms with Gasteiger partial charge in [0.05, 0.1) is 18.1 Å². The molecule has 2 saturated heterocycles. The highest BCUT2D eigenvalue weighted by molar-refractivity contribution is 5.90. The number of likely N-dealkylation sites (N-methyl/N-ethyl adjacent to an activating group) is 1. The highest BCUT2D eigenvalue weighted by atomic mass is 16.2. The normalized spacial score (nSPS) is 18.4. The van der Waals surface area contributed by atoms with E-state index in [0.717, 1.165) is 121 Å². The van der Waals surface area contributed by atoms with Crippen molar-refractivity contribution in [2.75, 3.05) is 46.8 Å². The average molecular weight is 895 g/mol. The van der Waals surface area contributed by atoms with E-state index < -0.39 is 18.1 Å². The summed E-state index contributed by atoms with van der Waals surface area (Å²) < 4.78 is 0. The third kappa shape index (κ3) is 16.4. The van der Waals surface area contributed by atoms with Crippen molar-refractivity contribution in [2.45, 2.75) is 128 Å². The van der Waals surface area contributed by atoms with E-state index in [9.17, 15) is 28.8 Å². The lowest BCUT2D eigenvalue weighted by atomic mass is 9.88. The highest BCUT2D eigenvalue weighted by Gasteiger charge is 2.30. The molecule has 0 radical (unpaired) electrons. The number of hydrogen-bond acceptors (Lipinski definition) is 8. The van der Waals surface area contributed by atoms with Crippen molar-refractivity contribution in [1.29, 1.82) is 0 Å². The Kier molecular flexibility index (Phi) is 23.2. The van der Waals surface area contributed by atoms with Gasteiger partial charge in [-0.15, -0.1) is 0 Å². The summed E-state index contributed by atoms with van der Waals surface area (Å²) >= 11 is 0. The average Bonchev–Trinajstić information content (AvgIpc) is 4.10. The third-order valence-corrected chi connectivity index (χ3v) is 12.7. The lowest BCUT2D eigenvalue weighted by Crippen LogP contribution is -2.47. The van der Waals surface area contributed by atoms with Crippen LogP contribution >= 0.6 is 0 Å². The fourth-order valence-electron chi connectivity index (χ4n) is 8.73. The summed E-state index contributed by atoms with van der Waals surface area (Å²) in [5.41, 5.74) is 7.18. The number of likely N-dealkylation sites (tertiary alicyclic amines) is 2. The number of hydrogen-bond donors (Lipinski definition) is 6. The van der Waals surface area contributed by atoms with Gasteiger partial charge in [-0.3, -0.25) is 28.8 Å². The van der Waals surface area contributed by atoms with Gasteiger partial charge in [0.15, 0.2) is 0 Å². The van der Waals surface area contributed by atoms with E-state index in [-0.39, 0.29) is 29.8 Å². The molecule has 5 atom stereocenters. The Morgan fingerprint density at radius 2 is 1.17 bits per heavy atom. The van der Waals surface area contributed by atoms with Crippen LogP contribution in [0.3, 0.4) is 0 Å². The summed E-state index contributed by atoms with van der Waals surface area (Å²) in [5.74, 6) is -0.291. The van der Waals surface area contributed by atoms with Crippen molar-refractivity contribution < 1.29 is 28.8 Å². The monoisotopic (exact) mass is 895 g/mol. The molecule has 65 heavy (non-hydrogen) atoms. The molecule has 0 saturated carbocycles. The molecule has 2 aliphatic carbocycles. The SMILES string of the molecule is CCNC.CN[C@@H](C)C(=O)NC(C(=O)N1CCCC1)c1ccc(CCCC(NC=O)C(=O)N2CCCC2)cc1.O=CNC1CCCc2ccccc21.O=CNC1CCCc2ccccc21. The summed E-state index contributed by atoms with van der Waals surface area (Å²) in [6, 6.07) is 23.3. The van der Waals surface area contributed by atoms with E-state index >= 15 is 0 Å². The molecule has 2 aliphatic heterocycles. The molecule has 7 rings (SSSR count). The number of carbonyl (C=O) groups excluding carboxylic acids is 6. The van der Waals surface area contributed by atoms with E-state index in [2.05, 4.69) is 75.2 Å². The molecule has 0 bridgehead atoms. The van der Waals surface area contributed by atoms with Crippen LogP contribution < -0.4 is 31.9 Å². The minimum atomic E-state index is -0.718. The Labute approximate surface area is 386 Å². The second-order valence-corrected chi connectivity index (χ2v) is 17.1. The molecule has 2 fully saturated rings. The summed E-state index contributed by atoms with van der Waals surface area (Å²) in [6.45, 7) is 7.86. The molecule has 14 nitrogen and oxygen atoms in total. The van der Waals surface area contributed by atoms with Crippen LogP contribution in [0.2, 0.25) is 0 Å². The van der Waals surface area contributed by atoms with E-state index in [1.54, 1.807) is 14.0 Å². The molecule has 0 aromatic heterocycles. The number of amides is 6. The fourth-order valence-corrected chi connectivity index (χ4v) is 8.73. The topological polar surface area (TPSA) is 181 Å². The van der Waals surface area contributed by atoms with Crippen LogP contribution in [0, 0.1) is 0 Å². The zero-order chi connectivity index (χ0) is 46.8. The molecular weight excluding hydrogens is 821 g/mol. The van der Waals surface area contributed by atoms with Gasteiger partial charge in [-0.05, 0) is 144 Å². The second-order valence-electron chi connectivity index (χ2n) is 17.1. The van der Waals surface area contributed by atoms with Crippen LogP contribution in [0.15, 0.2) is 72.8 Å². The Morgan fingerprint density at radius 1 is 0.677 bits per heavy atom. The first-order valence-electron chi connectivity index (χ1n) is 23.7. The maximum atomic E-state index is 13.2. The molecule has 2 heterocycles. The molecule has 3 aromatic carbocycles. The Bertz CT molecular complexity index is 1850. The van der Waals surface area contributed by atoms with Crippen LogP contribution in [0.25, 0.3) is 0 Å². The zero-order valence-corrected chi connectivity index (χ0v) is 39.1. The predicted octanol–water partition coefficient (Wildman–Crippen LogP) is 4.98. The van der Waals surface area contributed by atoms with Crippen LogP contribution in [-0.2, 0) is 48.0 Å². The Hall–Kier alpha value is -5.60. The number of aryl methyl sites for hydroxylation is 3. The van der Waals surface area contributed by atoms with Gasteiger partial charge >= 0.3 is 0 Å². The minimum Gasteiger partial charge on any atom is -0.352 e. The lowest BCUT2D eigenvalue weighted by Gasteiger charge is -2.25. The molecule has 6 amide bonds. The number of fused-ring (bicyclic) bond motifs is 2. The van der Waals surface area contributed by atoms with E-state index in [1.165, 1.54) is 35.1 Å². The number of nitrogens with zero attached hydrogens (tertiary/aromatic N) is 2. The first kappa shape index (κ1) is 52.0. The van der Waals surface area contributed by atoms with Crippen molar-refractivity contribution in [3.8, 4) is 0 Å². The summed E-state index contributed by atoms with van der Waals surface area (Å²) in [6.07, 6.45) is 15.0. The van der Waals surface area contributed by atoms with Gasteiger partial charge in [-0.2, -0.15) is 0 Å². The summed E-state index contributed by atoms with van der Waals surface area (Å²) in [5, 5.41) is 17.2. The lowest BCUT2D eigenvalue weighted by molar-refractivity contribution is -0.136. The number of rotatable bonds is 17. The van der Waals surface area contributed by atoms with Crippen molar-refractivity contribution in [2.24, 2.45) is 0 Å². The fraction of sp³-hybridized carbons (Fsp3) is 0.529. The van der Waals surface area contributed by atoms with Gasteiger partial charge in [0.2, 0.25) is 37.0 Å². The standard InChI is InChI=1S/C26H39N5O4.2C11H13NO.C3H9N/c1-19(27-2)24(33)29-23(26(35)31-16-5-6-17-31)21-12-10-20(11-13-21)8-7-9-22(28-18-32)25(34)30-14-3-4-15-30;2*13-8-12-11-7-3-5-9-4-1-2-6-10(9)11;1-3-4-2/h10-13,18-19,22-23,27H,3-9,14-17H2,1-2H3,(H,28,32)(H,29,33);2*1-2,4,6,8,11H,3,5,7H2,(H,12,13);4H,3H2,1-2H3/t19-,22?,23?;;;/m0.../s1. The van der Waals surface area contributed by atoms with Gasteiger partial charge in [0.1, 0.15) is 12.1 Å². The van der Waals surface area contributed by atoms with Gasteiger partial charge < -0.3 is 41.7 Å². The smallest absolute Gasteiger partial charge is 0.249 e. The number of nitrogens with one attached hydrogen (secondary N) is 6. The van der Waals surface area contributed by atoms with Crippen molar-refractivity contribution in [1.82, 2.24) is 41.7 Å². The molecule has 6 N–H and O–H groups in total. The quantitative estimate of drug-likeness (QED) is 0.103. The van der Waals surface area contributed by atoms with Gasteiger partial charge in [-0.1, -0.05) is 79.7 Å². The van der Waals surface area contributed by atoms with E-state index in [1.807, 2.05) is 53.2 Å². The van der Waals surface area contributed by atoms with Crippen molar-refractivity contribution in [3.63, 3.8) is 0 Å². The zero-order valence-electron chi connectivity index (χ0n) is 39.1. The van der Waals surface area contributed by atoms with Crippen LogP contribution in [0.4, 0.5) is 0 Å². The predicted molar refractivity (Wildman–Crippen MR) is 256 cm³/mol. The molecular formula is C51H74N8O6. The van der Waals surface area contributed by atoms with Crippen LogP contribution in [-0.4, -0.2) is 106 Å². The molecule has 354 valence electrons. The Morgan fingerprint density at radius 3 is 1.63 bits per heavy atom. The van der Waals surface area contributed by atoms with Gasteiger partial charge in [0.25, 0.3) is 0 Å². The highest BCUT2D eigenvalue weighted by Crippen LogP contribution is 2.30. The number of carbonyl (C=O) groups is 6. The number of benzene rings is 3. The van der Waals surface area contributed by atoms with E-state index in [0.29, 0.717) is 12.8 Å². The maximum Gasteiger partial charge on any atom is 0.249 e. The first-order chi connectivity index (χ1) is 31.7. The first-order valence-corrected chi connectivity index (χ1v) is 23.7. The van der Waals surface area contributed by atoms with Gasteiger partial charge in [-0.25, -0.2) is 0 Å². The largest absolute Gasteiger partial charge is 0.352 e. The molecule has 4 aliphatic rings.